The van der Waals surface area contributed by atoms with Crippen molar-refractivity contribution >= 4 is 27.9 Å². The zero-order chi connectivity index (χ0) is 16.3. The number of carboxylic acids is 1. The fourth-order valence-electron chi connectivity index (χ4n) is 2.31. The Balaban J connectivity index is 1.89. The number of amides is 2. The molecule has 0 unspecified atom stereocenters. The van der Waals surface area contributed by atoms with Gasteiger partial charge in [-0.1, -0.05) is 15.9 Å². The van der Waals surface area contributed by atoms with Crippen molar-refractivity contribution in [2.24, 2.45) is 5.92 Å². The first-order chi connectivity index (χ1) is 10.4. The highest BCUT2D eigenvalue weighted by atomic mass is 79.9. The standard InChI is InChI=1S/C14H15BrF2N2O3/c15-10-6-12(17)11(16)5-9(10)7-18-14(22)19-3-1-8(2-4-19)13(20)21/h5-6,8H,1-4,7H2,(H,18,22)(H,20,21). The van der Waals surface area contributed by atoms with E-state index in [2.05, 4.69) is 21.2 Å². The second kappa shape index (κ2) is 7.04. The average molecular weight is 377 g/mol. The Hall–Kier alpha value is -1.70. The first-order valence-corrected chi connectivity index (χ1v) is 7.56. The Bertz CT molecular complexity index is 590. The molecule has 1 aliphatic heterocycles. The molecule has 0 atom stereocenters. The van der Waals surface area contributed by atoms with Gasteiger partial charge in [0.15, 0.2) is 11.6 Å². The van der Waals surface area contributed by atoms with Crippen molar-refractivity contribution in [2.75, 3.05) is 13.1 Å². The van der Waals surface area contributed by atoms with Crippen molar-refractivity contribution in [1.29, 1.82) is 0 Å². The average Bonchev–Trinajstić information content (AvgIpc) is 2.49. The van der Waals surface area contributed by atoms with Crippen LogP contribution in [0.25, 0.3) is 0 Å². The topological polar surface area (TPSA) is 69.6 Å². The van der Waals surface area contributed by atoms with Gasteiger partial charge >= 0.3 is 12.0 Å². The molecule has 1 aromatic carbocycles. The van der Waals surface area contributed by atoms with Crippen molar-refractivity contribution in [3.8, 4) is 0 Å². The van der Waals surface area contributed by atoms with Crippen LogP contribution in [0.1, 0.15) is 18.4 Å². The minimum Gasteiger partial charge on any atom is -0.481 e. The van der Waals surface area contributed by atoms with Crippen LogP contribution in [-0.2, 0) is 11.3 Å². The maximum absolute atomic E-state index is 13.2. The number of piperidine rings is 1. The smallest absolute Gasteiger partial charge is 0.317 e. The summed E-state index contributed by atoms with van der Waals surface area (Å²) in [5.74, 6) is -3.19. The molecule has 0 aromatic heterocycles. The van der Waals surface area contributed by atoms with E-state index in [1.54, 1.807) is 0 Å². The molecule has 0 aliphatic carbocycles. The van der Waals surface area contributed by atoms with E-state index in [1.165, 1.54) is 4.90 Å². The van der Waals surface area contributed by atoms with Crippen molar-refractivity contribution in [3.05, 3.63) is 33.8 Å². The maximum Gasteiger partial charge on any atom is 0.317 e. The molecule has 0 radical (unpaired) electrons. The number of nitrogens with zero attached hydrogens (tertiary/aromatic N) is 1. The number of carboxylic acid groups (broad SMARTS) is 1. The lowest BCUT2D eigenvalue weighted by Gasteiger charge is -2.30. The SMILES string of the molecule is O=C(O)C1CCN(C(=O)NCc2cc(F)c(F)cc2Br)CC1. The highest BCUT2D eigenvalue weighted by Crippen LogP contribution is 2.21. The van der Waals surface area contributed by atoms with Gasteiger partial charge in [-0.25, -0.2) is 13.6 Å². The quantitative estimate of drug-likeness (QED) is 0.796. The summed E-state index contributed by atoms with van der Waals surface area (Å²) in [6.45, 7) is 0.777. The number of rotatable bonds is 3. The highest BCUT2D eigenvalue weighted by molar-refractivity contribution is 9.10. The minimum atomic E-state index is -0.977. The van der Waals surface area contributed by atoms with Crippen LogP contribution in [0.3, 0.4) is 0 Å². The minimum absolute atomic E-state index is 0.0511. The zero-order valence-electron chi connectivity index (χ0n) is 11.6. The highest BCUT2D eigenvalue weighted by Gasteiger charge is 2.26. The molecule has 5 nitrogen and oxygen atoms in total. The normalized spacial score (nSPS) is 15.7. The molecule has 1 saturated heterocycles. The summed E-state index contributed by atoms with van der Waals surface area (Å²) in [5.41, 5.74) is 0.424. The van der Waals surface area contributed by atoms with E-state index in [0.717, 1.165) is 12.1 Å². The molecular weight excluding hydrogens is 362 g/mol. The van der Waals surface area contributed by atoms with Crippen molar-refractivity contribution in [3.63, 3.8) is 0 Å². The first kappa shape index (κ1) is 16.7. The van der Waals surface area contributed by atoms with Gasteiger partial charge in [0.1, 0.15) is 0 Å². The third kappa shape index (κ3) is 3.94. The Labute approximate surface area is 134 Å². The van der Waals surface area contributed by atoms with Crippen LogP contribution in [0.15, 0.2) is 16.6 Å². The van der Waals surface area contributed by atoms with Crippen LogP contribution in [-0.4, -0.2) is 35.1 Å². The summed E-state index contributed by atoms with van der Waals surface area (Å²) < 4.78 is 26.6. The lowest BCUT2D eigenvalue weighted by atomic mass is 9.97. The van der Waals surface area contributed by atoms with E-state index in [9.17, 15) is 18.4 Å². The lowest BCUT2D eigenvalue weighted by molar-refractivity contribution is -0.143. The van der Waals surface area contributed by atoms with Gasteiger partial charge in [-0.15, -0.1) is 0 Å². The van der Waals surface area contributed by atoms with Crippen LogP contribution in [0.2, 0.25) is 0 Å². The number of nitrogens with one attached hydrogen (secondary N) is 1. The summed E-state index contributed by atoms with van der Waals surface area (Å²) in [4.78, 5) is 24.4. The third-order valence-electron chi connectivity index (χ3n) is 3.65. The molecule has 1 aliphatic rings. The van der Waals surface area contributed by atoms with Crippen molar-refractivity contribution in [1.82, 2.24) is 10.2 Å². The molecular formula is C14H15BrF2N2O3. The molecule has 0 saturated carbocycles. The van der Waals surface area contributed by atoms with Crippen molar-refractivity contribution in [2.45, 2.75) is 19.4 Å². The molecule has 0 bridgehead atoms. The van der Waals surface area contributed by atoms with Crippen LogP contribution >= 0.6 is 15.9 Å². The van der Waals surface area contributed by atoms with Crippen LogP contribution in [0.5, 0.6) is 0 Å². The summed E-state index contributed by atoms with van der Waals surface area (Å²) in [7, 11) is 0. The van der Waals surface area contributed by atoms with E-state index in [-0.39, 0.29) is 12.6 Å². The van der Waals surface area contributed by atoms with Gasteiger partial charge in [0.2, 0.25) is 0 Å². The zero-order valence-corrected chi connectivity index (χ0v) is 13.2. The predicted molar refractivity (Wildman–Crippen MR) is 78.2 cm³/mol. The lowest BCUT2D eigenvalue weighted by Crippen LogP contribution is -2.45. The van der Waals surface area contributed by atoms with E-state index >= 15 is 0 Å². The summed E-state index contributed by atoms with van der Waals surface area (Å²) in [6, 6.07) is 1.69. The molecule has 120 valence electrons. The second-order valence-corrected chi connectivity index (χ2v) is 5.97. The van der Waals surface area contributed by atoms with Gasteiger partial charge < -0.3 is 15.3 Å². The van der Waals surface area contributed by atoms with Gasteiger partial charge in [-0.2, -0.15) is 0 Å². The van der Waals surface area contributed by atoms with Crippen LogP contribution < -0.4 is 5.32 Å². The molecule has 1 aromatic rings. The molecule has 2 N–H and O–H groups in total. The fraction of sp³-hybridized carbons (Fsp3) is 0.429. The number of aliphatic carboxylic acids is 1. The van der Waals surface area contributed by atoms with E-state index < -0.39 is 23.5 Å². The van der Waals surface area contributed by atoms with Gasteiger partial charge in [-0.3, -0.25) is 4.79 Å². The molecule has 8 heteroatoms. The van der Waals surface area contributed by atoms with E-state index in [4.69, 9.17) is 5.11 Å². The molecule has 1 fully saturated rings. The van der Waals surface area contributed by atoms with Gasteiger partial charge in [0, 0.05) is 24.1 Å². The monoisotopic (exact) mass is 376 g/mol. The largest absolute Gasteiger partial charge is 0.481 e. The molecule has 22 heavy (non-hydrogen) atoms. The molecule has 2 rings (SSSR count). The number of hydrogen-bond acceptors (Lipinski definition) is 2. The molecule has 0 spiro atoms. The van der Waals surface area contributed by atoms with Crippen LogP contribution in [0, 0.1) is 17.6 Å². The fourth-order valence-corrected chi connectivity index (χ4v) is 2.77. The number of urea groups is 1. The number of carbonyl (C=O) groups excluding carboxylic acids is 1. The third-order valence-corrected chi connectivity index (χ3v) is 4.39. The Kier molecular flexibility index (Phi) is 5.33. The van der Waals surface area contributed by atoms with Crippen LogP contribution in [0.4, 0.5) is 13.6 Å². The van der Waals surface area contributed by atoms with Gasteiger partial charge in [0.05, 0.1) is 5.92 Å². The van der Waals surface area contributed by atoms with Gasteiger partial charge in [-0.05, 0) is 30.5 Å². The maximum atomic E-state index is 13.2. The Morgan fingerprint density at radius 1 is 1.27 bits per heavy atom. The summed E-state index contributed by atoms with van der Waals surface area (Å²) in [5, 5.41) is 11.5. The second-order valence-electron chi connectivity index (χ2n) is 5.12. The first-order valence-electron chi connectivity index (χ1n) is 6.77. The summed E-state index contributed by atoms with van der Waals surface area (Å²) >= 11 is 3.11. The number of halogens is 3. The Morgan fingerprint density at radius 3 is 2.45 bits per heavy atom. The number of likely N-dealkylation sites (tertiary alicyclic amines) is 1. The molecule has 2 amide bonds. The Morgan fingerprint density at radius 2 is 1.86 bits per heavy atom. The predicted octanol–water partition coefficient (Wildman–Crippen LogP) is 2.73. The van der Waals surface area contributed by atoms with Crippen molar-refractivity contribution < 1.29 is 23.5 Å². The van der Waals surface area contributed by atoms with Gasteiger partial charge in [0.25, 0.3) is 0 Å². The summed E-state index contributed by atoms with van der Waals surface area (Å²) in [6.07, 6.45) is 0.829. The molecule has 1 heterocycles. The number of hydrogen-bond donors (Lipinski definition) is 2. The van der Waals surface area contributed by atoms with E-state index in [1.807, 2.05) is 0 Å². The van der Waals surface area contributed by atoms with E-state index in [0.29, 0.717) is 36.0 Å². The number of carbonyl (C=O) groups is 2. The number of benzene rings is 1.